The number of hydrogen-bond acceptors (Lipinski definition) is 5. The molecule has 2 amide bonds. The number of rotatable bonds is 4. The largest absolute Gasteiger partial charge is 0.444 e. The summed E-state index contributed by atoms with van der Waals surface area (Å²) >= 11 is 12.1. The van der Waals surface area contributed by atoms with Crippen LogP contribution in [0.15, 0.2) is 47.4 Å². The fourth-order valence-electron chi connectivity index (χ4n) is 3.48. The van der Waals surface area contributed by atoms with E-state index < -0.39 is 67.0 Å². The standard InChI is InChI=1S/C27H29Cl2N3O4/c1-17-14-19(8-11-21(17)29)22(33)15-32-24(34)23(18-6-9-20(28)10-7-18)30-27(32)12-5-13-31(16-27)25(35)36-26(2,3)4/h6-11,14H,5,12-13,15-16H2,1-4H3/i5D2,6D,12D2,13D2,16D2. The predicted molar refractivity (Wildman–Crippen MR) is 140 cm³/mol. The fraction of sp³-hybridized carbons (Fsp3) is 0.407. The quantitative estimate of drug-likeness (QED) is 0.478. The number of halogens is 2. The van der Waals surface area contributed by atoms with Crippen LogP contribution in [0.5, 0.6) is 0 Å². The summed E-state index contributed by atoms with van der Waals surface area (Å²) in [6, 6.07) is 7.35. The molecule has 2 heterocycles. The van der Waals surface area contributed by atoms with Crippen molar-refractivity contribution < 1.29 is 31.5 Å². The maximum absolute atomic E-state index is 14.2. The van der Waals surface area contributed by atoms with Gasteiger partial charge in [-0.2, -0.15) is 0 Å². The molecule has 4 rings (SSSR count). The van der Waals surface area contributed by atoms with E-state index >= 15 is 0 Å². The molecule has 0 N–H and O–H groups in total. The van der Waals surface area contributed by atoms with Gasteiger partial charge in [-0.05, 0) is 76.3 Å². The third-order valence-corrected chi connectivity index (χ3v) is 5.83. The molecule has 9 heteroatoms. The lowest BCUT2D eigenvalue weighted by molar-refractivity contribution is -0.129. The Bertz CT molecular complexity index is 1650. The van der Waals surface area contributed by atoms with E-state index in [1.165, 1.54) is 51.1 Å². The number of aryl methyl sites for hydroxylation is 1. The van der Waals surface area contributed by atoms with Crippen LogP contribution in [0.2, 0.25) is 10.0 Å². The van der Waals surface area contributed by atoms with E-state index in [2.05, 4.69) is 4.99 Å². The first-order valence-corrected chi connectivity index (χ1v) is 11.6. The van der Waals surface area contributed by atoms with Gasteiger partial charge < -0.3 is 14.5 Å². The molecule has 1 spiro atoms. The van der Waals surface area contributed by atoms with Crippen LogP contribution in [0.1, 0.15) is 67.3 Å². The molecule has 1 fully saturated rings. The maximum Gasteiger partial charge on any atom is 0.410 e. The Balaban J connectivity index is 2.06. The maximum atomic E-state index is 14.2. The van der Waals surface area contributed by atoms with Crippen LogP contribution < -0.4 is 0 Å². The number of piperidine rings is 1. The Morgan fingerprint density at radius 1 is 1.22 bits per heavy atom. The molecule has 190 valence electrons. The second kappa shape index (κ2) is 9.87. The molecule has 36 heavy (non-hydrogen) atoms. The van der Waals surface area contributed by atoms with Gasteiger partial charge in [0.1, 0.15) is 11.3 Å². The van der Waals surface area contributed by atoms with Crippen molar-refractivity contribution in [3.05, 3.63) is 69.2 Å². The van der Waals surface area contributed by atoms with E-state index in [9.17, 15) is 17.1 Å². The van der Waals surface area contributed by atoms with Crippen molar-refractivity contribution in [1.82, 2.24) is 9.80 Å². The summed E-state index contributed by atoms with van der Waals surface area (Å²) in [5, 5.41) is 0.415. The van der Waals surface area contributed by atoms with Crippen LogP contribution in [-0.2, 0) is 9.53 Å². The summed E-state index contributed by atoms with van der Waals surface area (Å²) in [6.45, 7) is -2.73. The molecule has 0 aliphatic carbocycles. The van der Waals surface area contributed by atoms with Gasteiger partial charge in [0.2, 0.25) is 0 Å². The van der Waals surface area contributed by atoms with Gasteiger partial charge in [0, 0.05) is 35.9 Å². The Labute approximate surface area is 233 Å². The highest BCUT2D eigenvalue weighted by molar-refractivity contribution is 6.47. The van der Waals surface area contributed by atoms with Crippen LogP contribution in [0.3, 0.4) is 0 Å². The van der Waals surface area contributed by atoms with Crippen molar-refractivity contribution in [3.63, 3.8) is 0 Å². The monoisotopic (exact) mass is 538 g/mol. The number of amides is 2. The van der Waals surface area contributed by atoms with Gasteiger partial charge in [-0.25, -0.2) is 9.79 Å². The summed E-state index contributed by atoms with van der Waals surface area (Å²) in [6.07, 6.45) is -9.27. The highest BCUT2D eigenvalue weighted by atomic mass is 35.5. The van der Waals surface area contributed by atoms with Gasteiger partial charge in [0.25, 0.3) is 5.91 Å². The molecule has 1 unspecified atom stereocenters. The highest BCUT2D eigenvalue weighted by Crippen LogP contribution is 2.36. The van der Waals surface area contributed by atoms with Crippen LogP contribution in [0, 0.1) is 6.92 Å². The minimum absolute atomic E-state index is 0.0137. The predicted octanol–water partition coefficient (Wildman–Crippen LogP) is 5.54. The second-order valence-electron chi connectivity index (χ2n) is 9.12. The number of benzene rings is 2. The molecule has 2 aliphatic rings. The highest BCUT2D eigenvalue weighted by Gasteiger charge is 2.51. The topological polar surface area (TPSA) is 79.3 Å². The summed E-state index contributed by atoms with van der Waals surface area (Å²) in [7, 11) is 0. The van der Waals surface area contributed by atoms with Gasteiger partial charge in [0.05, 0.1) is 17.2 Å². The second-order valence-corrected chi connectivity index (χ2v) is 9.96. The zero-order valence-electron chi connectivity index (χ0n) is 28.9. The van der Waals surface area contributed by atoms with E-state index in [1.807, 2.05) is 0 Å². The fourth-order valence-corrected chi connectivity index (χ4v) is 3.71. The van der Waals surface area contributed by atoms with Crippen LogP contribution in [-0.4, -0.2) is 64.1 Å². The molecule has 0 saturated carbocycles. The Kier molecular flexibility index (Phi) is 4.59. The lowest BCUT2D eigenvalue weighted by Crippen LogP contribution is -2.59. The number of likely N-dealkylation sites (tertiary alicyclic amines) is 1. The molecule has 2 aromatic carbocycles. The van der Waals surface area contributed by atoms with Gasteiger partial charge >= 0.3 is 6.09 Å². The molecule has 0 bridgehead atoms. The van der Waals surface area contributed by atoms with Crippen LogP contribution in [0.4, 0.5) is 4.79 Å². The molecular formula is C27H29Cl2N3O4. The summed E-state index contributed by atoms with van der Waals surface area (Å²) in [5.41, 5.74) is -5.30. The number of carbonyl (C=O) groups is 3. The van der Waals surface area contributed by atoms with E-state index in [0.29, 0.717) is 15.5 Å². The van der Waals surface area contributed by atoms with E-state index in [0.717, 1.165) is 6.07 Å². The smallest absolute Gasteiger partial charge is 0.410 e. The van der Waals surface area contributed by atoms with Gasteiger partial charge in [-0.3, -0.25) is 9.59 Å². The molecule has 0 radical (unpaired) electrons. The molecule has 1 saturated heterocycles. The van der Waals surface area contributed by atoms with Gasteiger partial charge in [0.15, 0.2) is 11.4 Å². The van der Waals surface area contributed by atoms with Gasteiger partial charge in [-0.15, -0.1) is 0 Å². The molecule has 1 atom stereocenters. The number of nitrogens with zero attached hydrogens (tertiary/aromatic N) is 3. The van der Waals surface area contributed by atoms with Crippen LogP contribution >= 0.6 is 23.2 Å². The molecular weight excluding hydrogens is 501 g/mol. The lowest BCUT2D eigenvalue weighted by atomic mass is 9.96. The Hall–Kier alpha value is -2.90. The van der Waals surface area contributed by atoms with Gasteiger partial charge in [-0.1, -0.05) is 35.3 Å². The molecule has 2 aromatic rings. The summed E-state index contributed by atoms with van der Waals surface area (Å²) < 4.78 is 84.4. The van der Waals surface area contributed by atoms with Crippen molar-refractivity contribution in [3.8, 4) is 0 Å². The summed E-state index contributed by atoms with van der Waals surface area (Å²) in [5.74, 6) is -2.13. The minimum Gasteiger partial charge on any atom is -0.444 e. The number of aliphatic imine (C=N–C) groups is 1. The normalized spacial score (nSPS) is 29.3. The van der Waals surface area contributed by atoms with E-state index in [1.54, 1.807) is 6.92 Å². The third kappa shape index (κ3) is 5.42. The van der Waals surface area contributed by atoms with Crippen molar-refractivity contribution in [1.29, 1.82) is 0 Å². The van der Waals surface area contributed by atoms with E-state index in [-0.39, 0.29) is 27.1 Å². The Morgan fingerprint density at radius 2 is 1.97 bits per heavy atom. The van der Waals surface area contributed by atoms with Crippen molar-refractivity contribution >= 4 is 46.7 Å². The number of ketones is 1. The van der Waals surface area contributed by atoms with Crippen molar-refractivity contribution in [2.24, 2.45) is 4.99 Å². The zero-order chi connectivity index (χ0) is 34.3. The Morgan fingerprint density at radius 3 is 2.64 bits per heavy atom. The van der Waals surface area contributed by atoms with Crippen LogP contribution in [0.25, 0.3) is 0 Å². The average molecular weight is 540 g/mol. The van der Waals surface area contributed by atoms with E-state index in [4.69, 9.17) is 37.5 Å². The van der Waals surface area contributed by atoms with Crippen molar-refractivity contribution in [2.45, 2.75) is 51.7 Å². The first kappa shape index (κ1) is 16.8. The average Bonchev–Trinajstić information content (AvgIpc) is 3.17. The lowest BCUT2D eigenvalue weighted by Gasteiger charge is -2.43. The first-order valence-electron chi connectivity index (χ1n) is 15.4. The number of ether oxygens (including phenoxy) is 1. The molecule has 2 aliphatic heterocycles. The third-order valence-electron chi connectivity index (χ3n) is 5.17. The number of carbonyl (C=O) groups excluding carboxylic acids is 3. The first-order chi connectivity index (χ1) is 20.3. The van der Waals surface area contributed by atoms with Crippen molar-refractivity contribution in [2.75, 3.05) is 19.5 Å². The zero-order valence-corrected chi connectivity index (χ0v) is 21.4. The summed E-state index contributed by atoms with van der Waals surface area (Å²) in [4.78, 5) is 45.5. The number of hydrogen-bond donors (Lipinski definition) is 0. The molecule has 0 aromatic heterocycles. The minimum atomic E-state index is -3.79. The number of Topliss-reactive ketones (excluding diaryl/α,β-unsaturated/α-hetero) is 1. The molecule has 7 nitrogen and oxygen atoms in total. The SMILES string of the molecule is [2H]c1cc(Cl)ccc1C1=NC2(N(CC(=O)c3ccc(Cl)c(C)c3)C1=O)C([2H])([2H])N(C(=O)OC(C)(C)C)C([2H])([2H])C([2H])([2H])C2([2H])[2H].